The highest BCUT2D eigenvalue weighted by atomic mass is 19.4. The second kappa shape index (κ2) is 5.49. The molecule has 0 amide bonds. The smallest absolute Gasteiger partial charge is 0.330 e. The van der Waals surface area contributed by atoms with Crippen LogP contribution in [0.2, 0.25) is 0 Å². The van der Waals surface area contributed by atoms with Crippen molar-refractivity contribution in [2.45, 2.75) is 38.3 Å². The molecule has 2 rings (SSSR count). The third-order valence-electron chi connectivity index (χ3n) is 4.12. The van der Waals surface area contributed by atoms with E-state index in [-0.39, 0.29) is 11.8 Å². The summed E-state index contributed by atoms with van der Waals surface area (Å²) in [5.74, 6) is 0.440. The topological polar surface area (TPSA) is 38.9 Å². The van der Waals surface area contributed by atoms with Gasteiger partial charge in [-0.1, -0.05) is 13.3 Å². The van der Waals surface area contributed by atoms with Crippen molar-refractivity contribution in [3.8, 4) is 0 Å². The number of hydrogen-bond acceptors (Lipinski definition) is 2. The van der Waals surface area contributed by atoms with Crippen molar-refractivity contribution in [3.63, 3.8) is 0 Å². The third kappa shape index (κ3) is 3.08. The quantitative estimate of drug-likeness (QED) is 0.893. The molecule has 5 heteroatoms. The molecule has 0 saturated heterocycles. The molecule has 0 radical (unpaired) electrons. The molecule has 2 N–H and O–H groups in total. The van der Waals surface area contributed by atoms with Gasteiger partial charge in [-0.25, -0.2) is 0 Å². The van der Waals surface area contributed by atoms with E-state index in [9.17, 15) is 13.2 Å². The molecule has 106 valence electrons. The van der Waals surface area contributed by atoms with E-state index in [1.165, 1.54) is 12.4 Å². The van der Waals surface area contributed by atoms with E-state index in [0.717, 1.165) is 25.3 Å². The van der Waals surface area contributed by atoms with Crippen LogP contribution in [0.1, 0.15) is 43.2 Å². The zero-order valence-corrected chi connectivity index (χ0v) is 11.0. The van der Waals surface area contributed by atoms with Crippen molar-refractivity contribution in [1.29, 1.82) is 0 Å². The summed E-state index contributed by atoms with van der Waals surface area (Å²) in [5, 5.41) is 0. The summed E-state index contributed by atoms with van der Waals surface area (Å²) in [5.41, 5.74) is 5.50. The Balaban J connectivity index is 2.39. The molecule has 0 aliphatic heterocycles. The highest BCUT2D eigenvalue weighted by molar-refractivity contribution is 5.30. The summed E-state index contributed by atoms with van der Waals surface area (Å²) in [6.07, 6.45) is 0.952. The molecule has 1 aromatic heterocycles. The Morgan fingerprint density at radius 2 is 2.11 bits per heavy atom. The largest absolute Gasteiger partial charge is 0.416 e. The van der Waals surface area contributed by atoms with Crippen LogP contribution in [0.3, 0.4) is 0 Å². The molecule has 0 bridgehead atoms. The standard InChI is InChI=1S/C14H19F3N2/c1-9-2-3-10(7-18)11(6-9)12-8-19-5-4-13(12)14(15,16)17/h4-5,8-11H,2-3,6-7,18H2,1H3. The van der Waals surface area contributed by atoms with E-state index in [1.54, 1.807) is 0 Å². The molecule has 19 heavy (non-hydrogen) atoms. The number of pyridine rings is 1. The van der Waals surface area contributed by atoms with Gasteiger partial charge in [-0.15, -0.1) is 0 Å². The predicted molar refractivity (Wildman–Crippen MR) is 67.5 cm³/mol. The van der Waals surface area contributed by atoms with Crippen LogP contribution in [0, 0.1) is 11.8 Å². The van der Waals surface area contributed by atoms with Crippen LogP contribution >= 0.6 is 0 Å². The molecule has 1 aliphatic rings. The number of alkyl halides is 3. The first kappa shape index (κ1) is 14.3. The van der Waals surface area contributed by atoms with E-state index < -0.39 is 11.7 Å². The van der Waals surface area contributed by atoms with E-state index in [1.807, 2.05) is 0 Å². The zero-order chi connectivity index (χ0) is 14.0. The summed E-state index contributed by atoms with van der Waals surface area (Å²) in [6.45, 7) is 2.52. The normalized spacial score (nSPS) is 28.4. The lowest BCUT2D eigenvalue weighted by atomic mass is 9.71. The Morgan fingerprint density at radius 3 is 2.74 bits per heavy atom. The van der Waals surface area contributed by atoms with Crippen LogP contribution in [-0.2, 0) is 6.18 Å². The monoisotopic (exact) mass is 272 g/mol. The first-order valence-electron chi connectivity index (χ1n) is 6.64. The van der Waals surface area contributed by atoms with E-state index >= 15 is 0 Å². The number of rotatable bonds is 2. The molecule has 1 fully saturated rings. The number of aromatic nitrogens is 1. The third-order valence-corrected chi connectivity index (χ3v) is 4.12. The fraction of sp³-hybridized carbons (Fsp3) is 0.643. The number of hydrogen-bond donors (Lipinski definition) is 1. The van der Waals surface area contributed by atoms with Gasteiger partial charge < -0.3 is 5.73 Å². The number of nitrogens with zero attached hydrogens (tertiary/aromatic N) is 1. The highest BCUT2D eigenvalue weighted by Gasteiger charge is 2.38. The lowest BCUT2D eigenvalue weighted by Gasteiger charge is -2.35. The van der Waals surface area contributed by atoms with Gasteiger partial charge in [0.25, 0.3) is 0 Å². The van der Waals surface area contributed by atoms with E-state index in [2.05, 4.69) is 11.9 Å². The van der Waals surface area contributed by atoms with Crippen molar-refractivity contribution in [3.05, 3.63) is 29.6 Å². The Kier molecular flexibility index (Phi) is 4.13. The van der Waals surface area contributed by atoms with Crippen molar-refractivity contribution < 1.29 is 13.2 Å². The van der Waals surface area contributed by atoms with Crippen LogP contribution in [0.25, 0.3) is 0 Å². The molecule has 3 unspecified atom stereocenters. The molecule has 0 spiro atoms. The lowest BCUT2D eigenvalue weighted by molar-refractivity contribution is -0.138. The maximum absolute atomic E-state index is 13.1. The van der Waals surface area contributed by atoms with Gasteiger partial charge in [-0.05, 0) is 48.8 Å². The minimum Gasteiger partial charge on any atom is -0.330 e. The van der Waals surface area contributed by atoms with E-state index in [0.29, 0.717) is 18.0 Å². The number of halogens is 3. The summed E-state index contributed by atoms with van der Waals surface area (Å²) in [4.78, 5) is 3.89. The van der Waals surface area contributed by atoms with Gasteiger partial charge in [0.05, 0.1) is 5.56 Å². The minimum absolute atomic E-state index is 0.126. The van der Waals surface area contributed by atoms with Crippen molar-refractivity contribution in [2.24, 2.45) is 17.6 Å². The highest BCUT2D eigenvalue weighted by Crippen LogP contribution is 2.44. The Labute approximate surface area is 111 Å². The molecule has 2 nitrogen and oxygen atoms in total. The fourth-order valence-electron chi connectivity index (χ4n) is 3.07. The van der Waals surface area contributed by atoms with E-state index in [4.69, 9.17) is 5.73 Å². The molecule has 1 saturated carbocycles. The summed E-state index contributed by atoms with van der Waals surface area (Å²) in [7, 11) is 0. The fourth-order valence-corrected chi connectivity index (χ4v) is 3.07. The van der Waals surface area contributed by atoms with Crippen molar-refractivity contribution in [1.82, 2.24) is 4.98 Å². The van der Waals surface area contributed by atoms with Crippen molar-refractivity contribution in [2.75, 3.05) is 6.54 Å². The van der Waals surface area contributed by atoms with Crippen LogP contribution in [0.15, 0.2) is 18.5 Å². The Morgan fingerprint density at radius 1 is 1.37 bits per heavy atom. The first-order valence-corrected chi connectivity index (χ1v) is 6.64. The van der Waals surface area contributed by atoms with Gasteiger partial charge in [-0.3, -0.25) is 4.98 Å². The summed E-state index contributed by atoms with van der Waals surface area (Å²) >= 11 is 0. The van der Waals surface area contributed by atoms with Crippen LogP contribution in [0.4, 0.5) is 13.2 Å². The zero-order valence-electron chi connectivity index (χ0n) is 11.0. The summed E-state index contributed by atoms with van der Waals surface area (Å²) < 4.78 is 39.2. The first-order chi connectivity index (χ1) is 8.93. The lowest BCUT2D eigenvalue weighted by Crippen LogP contribution is -2.29. The molecule has 0 aromatic carbocycles. The second-order valence-electron chi connectivity index (χ2n) is 5.48. The molecule has 1 aliphatic carbocycles. The second-order valence-corrected chi connectivity index (χ2v) is 5.48. The van der Waals surface area contributed by atoms with Gasteiger partial charge in [0.1, 0.15) is 0 Å². The molecule has 1 aromatic rings. The summed E-state index contributed by atoms with van der Waals surface area (Å²) in [6, 6.07) is 1.07. The van der Waals surface area contributed by atoms with Gasteiger partial charge in [0, 0.05) is 12.4 Å². The van der Waals surface area contributed by atoms with Crippen LogP contribution < -0.4 is 5.73 Å². The molecule has 3 atom stereocenters. The van der Waals surface area contributed by atoms with Gasteiger partial charge >= 0.3 is 6.18 Å². The number of nitrogens with two attached hydrogens (primary N) is 1. The minimum atomic E-state index is -4.32. The van der Waals surface area contributed by atoms with Gasteiger partial charge in [0.15, 0.2) is 0 Å². The maximum atomic E-state index is 13.1. The predicted octanol–water partition coefficient (Wildman–Crippen LogP) is 3.58. The molecule has 1 heterocycles. The Bertz CT molecular complexity index is 431. The average Bonchev–Trinajstić information content (AvgIpc) is 2.37. The van der Waals surface area contributed by atoms with Crippen LogP contribution in [-0.4, -0.2) is 11.5 Å². The van der Waals surface area contributed by atoms with Gasteiger partial charge in [0.2, 0.25) is 0 Å². The van der Waals surface area contributed by atoms with Crippen LogP contribution in [0.5, 0.6) is 0 Å². The van der Waals surface area contributed by atoms with Gasteiger partial charge in [-0.2, -0.15) is 13.2 Å². The maximum Gasteiger partial charge on any atom is 0.416 e. The molecular weight excluding hydrogens is 253 g/mol. The Hall–Kier alpha value is -1.10. The van der Waals surface area contributed by atoms with Crippen molar-refractivity contribution >= 4 is 0 Å². The molecular formula is C14H19F3N2. The average molecular weight is 272 g/mol. The SMILES string of the molecule is CC1CCC(CN)C(c2cnccc2C(F)(F)F)C1.